The smallest absolute Gasteiger partial charge is 0.263 e. The Morgan fingerprint density at radius 3 is 2.65 bits per heavy atom. The molecule has 0 spiro atoms. The minimum absolute atomic E-state index is 0.0640. The molecule has 0 aliphatic heterocycles. The second-order valence-electron chi connectivity index (χ2n) is 5.24. The number of amides is 1. The third kappa shape index (κ3) is 3.05. The van der Waals surface area contributed by atoms with Crippen molar-refractivity contribution >= 4 is 22.2 Å². The van der Waals surface area contributed by atoms with Crippen molar-refractivity contribution in [1.29, 1.82) is 0 Å². The van der Waals surface area contributed by atoms with Crippen LogP contribution < -0.4 is 10.1 Å². The van der Waals surface area contributed by atoms with E-state index < -0.39 is 0 Å². The Morgan fingerprint density at radius 2 is 2.00 bits per heavy atom. The molecule has 1 N–H and O–H groups in total. The molecular formula is C16H18N4O2S. The normalized spacial score (nSPS) is 10.9. The molecule has 120 valence electrons. The highest BCUT2D eigenvalue weighted by atomic mass is 32.1. The van der Waals surface area contributed by atoms with Crippen molar-refractivity contribution < 1.29 is 9.53 Å². The van der Waals surface area contributed by atoms with Crippen LogP contribution >= 0.6 is 11.3 Å². The van der Waals surface area contributed by atoms with Crippen LogP contribution in [0.2, 0.25) is 0 Å². The fraction of sp³-hybridized carbons (Fsp3) is 0.312. The van der Waals surface area contributed by atoms with Crippen LogP contribution in [-0.4, -0.2) is 34.2 Å². The second-order valence-corrected chi connectivity index (χ2v) is 6.21. The maximum absolute atomic E-state index is 12.4. The molecule has 6 nitrogen and oxygen atoms in total. The Bertz CT molecular complexity index is 836. The van der Waals surface area contributed by atoms with Gasteiger partial charge < -0.3 is 10.1 Å². The highest BCUT2D eigenvalue weighted by Crippen LogP contribution is 2.22. The largest absolute Gasteiger partial charge is 0.497 e. The first-order valence-corrected chi connectivity index (χ1v) is 8.14. The van der Waals surface area contributed by atoms with Crippen LogP contribution in [0.4, 0.5) is 0 Å². The minimum Gasteiger partial charge on any atom is -0.497 e. The lowest BCUT2D eigenvalue weighted by Gasteiger charge is -2.06. The fourth-order valence-corrected chi connectivity index (χ4v) is 3.49. The van der Waals surface area contributed by atoms with E-state index in [4.69, 9.17) is 4.74 Å². The number of nitrogens with zero attached hydrogens (tertiary/aromatic N) is 3. The molecular weight excluding hydrogens is 312 g/mol. The van der Waals surface area contributed by atoms with Crippen LogP contribution in [0.1, 0.15) is 26.8 Å². The van der Waals surface area contributed by atoms with E-state index in [-0.39, 0.29) is 5.91 Å². The molecule has 0 fully saturated rings. The van der Waals surface area contributed by atoms with Gasteiger partial charge in [-0.1, -0.05) is 23.5 Å². The maximum atomic E-state index is 12.4. The van der Waals surface area contributed by atoms with Crippen LogP contribution in [0, 0.1) is 13.8 Å². The van der Waals surface area contributed by atoms with E-state index in [1.54, 1.807) is 7.11 Å². The number of ether oxygens (including phenoxy) is 1. The monoisotopic (exact) mass is 330 g/mol. The third-order valence-corrected chi connectivity index (χ3v) is 4.85. The van der Waals surface area contributed by atoms with E-state index in [1.165, 1.54) is 11.3 Å². The molecule has 1 aromatic carbocycles. The number of aryl methyl sites for hydroxylation is 2. The molecule has 0 aliphatic rings. The lowest BCUT2D eigenvalue weighted by molar-refractivity contribution is 0.0957. The van der Waals surface area contributed by atoms with E-state index in [0.29, 0.717) is 11.4 Å². The number of rotatable bonds is 5. The molecule has 3 rings (SSSR count). The standard InChI is InChI=1S/C16H18N4O2S/c1-10-14(23-16-19-18-11(2)20(10)16)15(21)17-9-8-12-4-6-13(22-3)7-5-12/h4-7H,8-9H2,1-3H3,(H,17,21). The van der Waals surface area contributed by atoms with Crippen LogP contribution in [-0.2, 0) is 6.42 Å². The molecule has 23 heavy (non-hydrogen) atoms. The van der Waals surface area contributed by atoms with Crippen LogP contribution in [0.5, 0.6) is 5.75 Å². The van der Waals surface area contributed by atoms with Gasteiger partial charge in [0, 0.05) is 12.2 Å². The Labute approximate surface area is 138 Å². The van der Waals surface area contributed by atoms with Gasteiger partial charge in [-0.15, -0.1) is 10.2 Å². The van der Waals surface area contributed by atoms with E-state index in [0.717, 1.165) is 34.2 Å². The van der Waals surface area contributed by atoms with Crippen molar-refractivity contribution in [2.75, 3.05) is 13.7 Å². The van der Waals surface area contributed by atoms with E-state index >= 15 is 0 Å². The van der Waals surface area contributed by atoms with Crippen molar-refractivity contribution in [2.45, 2.75) is 20.3 Å². The van der Waals surface area contributed by atoms with Gasteiger partial charge in [-0.05, 0) is 38.0 Å². The second kappa shape index (κ2) is 6.37. The molecule has 0 unspecified atom stereocenters. The number of carbonyl (C=O) groups excluding carboxylic acids is 1. The van der Waals surface area contributed by atoms with Gasteiger partial charge in [0.05, 0.1) is 7.11 Å². The van der Waals surface area contributed by atoms with Crippen molar-refractivity contribution in [2.24, 2.45) is 0 Å². The third-order valence-electron chi connectivity index (χ3n) is 3.72. The summed E-state index contributed by atoms with van der Waals surface area (Å²) in [6, 6.07) is 7.85. The first-order valence-electron chi connectivity index (χ1n) is 7.32. The average molecular weight is 330 g/mol. The molecule has 0 saturated carbocycles. The van der Waals surface area contributed by atoms with Crippen molar-refractivity contribution in [1.82, 2.24) is 19.9 Å². The predicted molar refractivity (Wildman–Crippen MR) is 89.4 cm³/mol. The summed E-state index contributed by atoms with van der Waals surface area (Å²) in [7, 11) is 1.65. The molecule has 1 amide bonds. The first kappa shape index (κ1) is 15.5. The van der Waals surface area contributed by atoms with Gasteiger partial charge in [0.2, 0.25) is 4.96 Å². The molecule has 7 heteroatoms. The highest BCUT2D eigenvalue weighted by molar-refractivity contribution is 7.19. The number of aromatic nitrogens is 3. The molecule has 0 aliphatic carbocycles. The number of fused-ring (bicyclic) bond motifs is 1. The zero-order valence-corrected chi connectivity index (χ0v) is 14.1. The van der Waals surface area contributed by atoms with Crippen LogP contribution in [0.25, 0.3) is 4.96 Å². The fourth-order valence-electron chi connectivity index (χ4n) is 2.47. The van der Waals surface area contributed by atoms with Gasteiger partial charge in [-0.2, -0.15) is 0 Å². The van der Waals surface area contributed by atoms with E-state index in [1.807, 2.05) is 42.5 Å². The van der Waals surface area contributed by atoms with Gasteiger partial charge in [0.25, 0.3) is 5.91 Å². The minimum atomic E-state index is -0.0640. The Morgan fingerprint density at radius 1 is 1.26 bits per heavy atom. The lowest BCUT2D eigenvalue weighted by Crippen LogP contribution is -2.25. The summed E-state index contributed by atoms with van der Waals surface area (Å²) in [5, 5.41) is 11.0. The Kier molecular flexibility index (Phi) is 4.29. The summed E-state index contributed by atoms with van der Waals surface area (Å²) in [6.45, 7) is 4.38. The topological polar surface area (TPSA) is 68.5 Å². The number of carbonyl (C=O) groups is 1. The average Bonchev–Trinajstić information content (AvgIpc) is 3.09. The van der Waals surface area contributed by atoms with Gasteiger partial charge in [-0.25, -0.2) is 0 Å². The molecule has 0 atom stereocenters. The predicted octanol–water partition coefficient (Wildman–Crippen LogP) is 2.39. The summed E-state index contributed by atoms with van der Waals surface area (Å²) in [5.74, 6) is 1.57. The molecule has 3 aromatic rings. The Hall–Kier alpha value is -2.41. The van der Waals surface area contributed by atoms with Crippen molar-refractivity contribution in [3.8, 4) is 5.75 Å². The summed E-state index contributed by atoms with van der Waals surface area (Å²) in [5.41, 5.74) is 2.04. The molecule has 2 aromatic heterocycles. The van der Waals surface area contributed by atoms with E-state index in [9.17, 15) is 4.79 Å². The first-order chi connectivity index (χ1) is 11.1. The number of benzene rings is 1. The summed E-state index contributed by atoms with van der Waals surface area (Å²) < 4.78 is 7.04. The van der Waals surface area contributed by atoms with E-state index in [2.05, 4.69) is 15.5 Å². The van der Waals surface area contributed by atoms with Crippen molar-refractivity contribution in [3.05, 3.63) is 46.2 Å². The summed E-state index contributed by atoms with van der Waals surface area (Å²) in [6.07, 6.45) is 0.776. The van der Waals surface area contributed by atoms with Crippen LogP contribution in [0.15, 0.2) is 24.3 Å². The number of thiazole rings is 1. The Balaban J connectivity index is 1.63. The number of hydrogen-bond donors (Lipinski definition) is 1. The van der Waals surface area contributed by atoms with Gasteiger partial charge in [0.1, 0.15) is 16.5 Å². The number of hydrogen-bond acceptors (Lipinski definition) is 5. The molecule has 0 radical (unpaired) electrons. The lowest BCUT2D eigenvalue weighted by atomic mass is 10.1. The van der Waals surface area contributed by atoms with Gasteiger partial charge >= 0.3 is 0 Å². The number of methoxy groups -OCH3 is 1. The maximum Gasteiger partial charge on any atom is 0.263 e. The zero-order chi connectivity index (χ0) is 16.4. The van der Waals surface area contributed by atoms with Crippen molar-refractivity contribution in [3.63, 3.8) is 0 Å². The van der Waals surface area contributed by atoms with Gasteiger partial charge in [-0.3, -0.25) is 9.20 Å². The van der Waals surface area contributed by atoms with Gasteiger partial charge in [0.15, 0.2) is 0 Å². The quantitative estimate of drug-likeness (QED) is 0.780. The highest BCUT2D eigenvalue weighted by Gasteiger charge is 2.17. The molecule has 0 saturated heterocycles. The molecule has 0 bridgehead atoms. The SMILES string of the molecule is COc1ccc(CCNC(=O)c2sc3nnc(C)n3c2C)cc1. The summed E-state index contributed by atoms with van der Waals surface area (Å²) >= 11 is 1.36. The summed E-state index contributed by atoms with van der Waals surface area (Å²) in [4.78, 5) is 13.8. The molecule has 2 heterocycles. The zero-order valence-electron chi connectivity index (χ0n) is 13.3. The number of nitrogens with one attached hydrogen (secondary N) is 1. The van der Waals surface area contributed by atoms with Crippen LogP contribution in [0.3, 0.4) is 0 Å².